The molecule has 5 nitrogen and oxygen atoms in total. The summed E-state index contributed by atoms with van der Waals surface area (Å²) in [6, 6.07) is 15.6. The number of rotatable bonds is 6. The average molecular weight is 401 g/mol. The number of hydrogen-bond acceptors (Lipinski definition) is 4. The Kier molecular flexibility index (Phi) is 6.94. The van der Waals surface area contributed by atoms with Gasteiger partial charge in [0.2, 0.25) is 0 Å². The van der Waals surface area contributed by atoms with Gasteiger partial charge in [-0.25, -0.2) is 0 Å². The summed E-state index contributed by atoms with van der Waals surface area (Å²) in [6.45, 7) is 6.10. The molecule has 1 aliphatic heterocycles. The molecule has 6 heteroatoms. The summed E-state index contributed by atoms with van der Waals surface area (Å²) < 4.78 is 0. The van der Waals surface area contributed by atoms with Gasteiger partial charge in [0.25, 0.3) is 5.91 Å². The fourth-order valence-electron chi connectivity index (χ4n) is 3.63. The summed E-state index contributed by atoms with van der Waals surface area (Å²) in [5.74, 6) is 0.860. The van der Waals surface area contributed by atoms with Gasteiger partial charge in [-0.3, -0.25) is 9.69 Å². The van der Waals surface area contributed by atoms with E-state index < -0.39 is 0 Å². The van der Waals surface area contributed by atoms with E-state index in [9.17, 15) is 4.79 Å². The third-order valence-electron chi connectivity index (χ3n) is 5.51. The van der Waals surface area contributed by atoms with Crippen LogP contribution in [0.3, 0.4) is 0 Å². The Labute approximate surface area is 173 Å². The van der Waals surface area contributed by atoms with Crippen LogP contribution < -0.4 is 16.0 Å². The summed E-state index contributed by atoms with van der Waals surface area (Å²) in [4.78, 5) is 17.5. The van der Waals surface area contributed by atoms with E-state index in [-0.39, 0.29) is 18.3 Å². The zero-order chi connectivity index (χ0) is 18.6. The van der Waals surface area contributed by atoms with Crippen LogP contribution in [-0.4, -0.2) is 43.5 Å². The van der Waals surface area contributed by atoms with Crippen LogP contribution in [0.5, 0.6) is 0 Å². The van der Waals surface area contributed by atoms with Crippen molar-refractivity contribution in [1.82, 2.24) is 4.90 Å². The Balaban J connectivity index is 0.00000225. The first-order valence-corrected chi connectivity index (χ1v) is 9.89. The molecule has 0 spiro atoms. The maximum Gasteiger partial charge on any atom is 0.255 e. The van der Waals surface area contributed by atoms with Gasteiger partial charge in [0, 0.05) is 56.2 Å². The van der Waals surface area contributed by atoms with Crippen molar-refractivity contribution in [3.05, 3.63) is 59.7 Å². The van der Waals surface area contributed by atoms with Gasteiger partial charge < -0.3 is 16.0 Å². The van der Waals surface area contributed by atoms with Gasteiger partial charge in [-0.1, -0.05) is 18.2 Å². The number of halogens is 1. The Bertz CT molecular complexity index is 783. The summed E-state index contributed by atoms with van der Waals surface area (Å²) in [6.07, 6.45) is 2.83. The van der Waals surface area contributed by atoms with Crippen LogP contribution in [0.25, 0.3) is 0 Å². The number of nitrogens with zero attached hydrogens (tertiary/aromatic N) is 2. The SMILES string of the molecule is Cl.NCc1ccc(C(=O)Nc2cccc(N3CCN(CC4CC4)CC3)c2)cc1. The highest BCUT2D eigenvalue weighted by atomic mass is 35.5. The molecule has 28 heavy (non-hydrogen) atoms. The fraction of sp³-hybridized carbons (Fsp3) is 0.409. The summed E-state index contributed by atoms with van der Waals surface area (Å²) in [5.41, 5.74) is 9.29. The lowest BCUT2D eigenvalue weighted by Crippen LogP contribution is -2.47. The van der Waals surface area contributed by atoms with E-state index in [2.05, 4.69) is 27.2 Å². The number of amides is 1. The number of nitrogens with one attached hydrogen (secondary N) is 1. The van der Waals surface area contributed by atoms with Crippen LogP contribution in [0.1, 0.15) is 28.8 Å². The predicted molar refractivity (Wildman–Crippen MR) is 117 cm³/mol. The Morgan fingerprint density at radius 3 is 2.39 bits per heavy atom. The Hall–Kier alpha value is -2.08. The highest BCUT2D eigenvalue weighted by Gasteiger charge is 2.26. The minimum atomic E-state index is -0.0926. The molecule has 3 N–H and O–H groups in total. The van der Waals surface area contributed by atoms with Crippen molar-refractivity contribution in [2.24, 2.45) is 11.7 Å². The van der Waals surface area contributed by atoms with Crippen LogP contribution >= 0.6 is 12.4 Å². The number of carbonyl (C=O) groups is 1. The van der Waals surface area contributed by atoms with Gasteiger partial charge in [0.1, 0.15) is 0 Å². The number of benzene rings is 2. The molecular formula is C22H29ClN4O. The van der Waals surface area contributed by atoms with E-state index in [0.29, 0.717) is 12.1 Å². The second-order valence-corrected chi connectivity index (χ2v) is 7.64. The van der Waals surface area contributed by atoms with Gasteiger partial charge in [0.15, 0.2) is 0 Å². The molecule has 150 valence electrons. The number of hydrogen-bond donors (Lipinski definition) is 2. The molecule has 0 aromatic heterocycles. The Morgan fingerprint density at radius 2 is 1.75 bits per heavy atom. The summed E-state index contributed by atoms with van der Waals surface area (Å²) >= 11 is 0. The van der Waals surface area contributed by atoms with E-state index in [1.165, 1.54) is 25.1 Å². The molecule has 4 rings (SSSR count). The van der Waals surface area contributed by atoms with Crippen LogP contribution in [0, 0.1) is 5.92 Å². The monoisotopic (exact) mass is 400 g/mol. The number of carbonyl (C=O) groups excluding carboxylic acids is 1. The number of piperazine rings is 1. The fourth-order valence-corrected chi connectivity index (χ4v) is 3.63. The molecule has 2 aromatic rings. The minimum Gasteiger partial charge on any atom is -0.369 e. The quantitative estimate of drug-likeness (QED) is 0.780. The lowest BCUT2D eigenvalue weighted by molar-refractivity contribution is 0.102. The lowest BCUT2D eigenvalue weighted by Gasteiger charge is -2.36. The van der Waals surface area contributed by atoms with Crippen molar-refractivity contribution >= 4 is 29.7 Å². The van der Waals surface area contributed by atoms with Crippen molar-refractivity contribution in [1.29, 1.82) is 0 Å². The molecule has 1 saturated carbocycles. The first-order valence-electron chi connectivity index (χ1n) is 9.89. The normalized spacial score (nSPS) is 17.1. The molecule has 0 bridgehead atoms. The standard InChI is InChI=1S/C22H28N4O.ClH/c23-15-17-6-8-19(9-7-17)22(27)24-20-2-1-3-21(14-20)26-12-10-25(11-13-26)16-18-4-5-18;/h1-3,6-9,14,18H,4-5,10-13,15-16,23H2,(H,24,27);1H. The summed E-state index contributed by atoms with van der Waals surface area (Å²) in [5, 5.41) is 3.01. The van der Waals surface area contributed by atoms with Crippen molar-refractivity contribution in [3.8, 4) is 0 Å². The zero-order valence-electron chi connectivity index (χ0n) is 16.1. The maximum atomic E-state index is 12.5. The molecule has 0 radical (unpaired) electrons. The second kappa shape index (κ2) is 9.41. The van der Waals surface area contributed by atoms with E-state index >= 15 is 0 Å². The molecule has 2 fully saturated rings. The molecule has 0 unspecified atom stereocenters. The van der Waals surface area contributed by atoms with E-state index in [4.69, 9.17) is 5.73 Å². The van der Waals surface area contributed by atoms with Crippen LogP contribution in [0.4, 0.5) is 11.4 Å². The molecule has 1 heterocycles. The molecule has 1 saturated heterocycles. The van der Waals surface area contributed by atoms with Crippen LogP contribution in [-0.2, 0) is 6.54 Å². The van der Waals surface area contributed by atoms with Gasteiger partial charge >= 0.3 is 0 Å². The third kappa shape index (κ3) is 5.25. The first kappa shape index (κ1) is 20.6. The van der Waals surface area contributed by atoms with E-state index in [0.717, 1.165) is 43.3 Å². The zero-order valence-corrected chi connectivity index (χ0v) is 17.0. The second-order valence-electron chi connectivity index (χ2n) is 7.64. The maximum absolute atomic E-state index is 12.5. The van der Waals surface area contributed by atoms with Gasteiger partial charge in [-0.15, -0.1) is 12.4 Å². The average Bonchev–Trinajstić information content (AvgIpc) is 3.53. The van der Waals surface area contributed by atoms with Gasteiger partial charge in [-0.05, 0) is 54.7 Å². The van der Waals surface area contributed by atoms with Crippen LogP contribution in [0.15, 0.2) is 48.5 Å². The number of anilines is 2. The van der Waals surface area contributed by atoms with Crippen molar-refractivity contribution < 1.29 is 4.79 Å². The third-order valence-corrected chi connectivity index (χ3v) is 5.51. The highest BCUT2D eigenvalue weighted by Crippen LogP contribution is 2.30. The molecule has 0 atom stereocenters. The van der Waals surface area contributed by atoms with Crippen molar-refractivity contribution in [3.63, 3.8) is 0 Å². The largest absolute Gasteiger partial charge is 0.369 e. The molecule has 2 aromatic carbocycles. The van der Waals surface area contributed by atoms with Crippen LogP contribution in [0.2, 0.25) is 0 Å². The molecule has 1 amide bonds. The molecular weight excluding hydrogens is 372 g/mol. The predicted octanol–water partition coefficient (Wildman–Crippen LogP) is 3.35. The topological polar surface area (TPSA) is 61.6 Å². The molecule has 2 aliphatic rings. The van der Waals surface area contributed by atoms with Gasteiger partial charge in [-0.2, -0.15) is 0 Å². The first-order chi connectivity index (χ1) is 13.2. The highest BCUT2D eigenvalue weighted by molar-refractivity contribution is 6.04. The van der Waals surface area contributed by atoms with Crippen molar-refractivity contribution in [2.75, 3.05) is 42.9 Å². The summed E-state index contributed by atoms with van der Waals surface area (Å²) in [7, 11) is 0. The van der Waals surface area contributed by atoms with Crippen molar-refractivity contribution in [2.45, 2.75) is 19.4 Å². The Morgan fingerprint density at radius 1 is 1.04 bits per heavy atom. The smallest absolute Gasteiger partial charge is 0.255 e. The lowest BCUT2D eigenvalue weighted by atomic mass is 10.1. The number of nitrogens with two attached hydrogens (primary N) is 1. The van der Waals surface area contributed by atoms with E-state index in [1.807, 2.05) is 36.4 Å². The molecule has 1 aliphatic carbocycles. The van der Waals surface area contributed by atoms with E-state index in [1.54, 1.807) is 0 Å². The minimum absolute atomic E-state index is 0. The van der Waals surface area contributed by atoms with Gasteiger partial charge in [0.05, 0.1) is 0 Å².